The van der Waals surface area contributed by atoms with Gasteiger partial charge in [-0.1, -0.05) is 6.07 Å². The lowest BCUT2D eigenvalue weighted by Gasteiger charge is -2.03. The zero-order valence-electron chi connectivity index (χ0n) is 9.55. The highest BCUT2D eigenvalue weighted by molar-refractivity contribution is 7.09. The first-order chi connectivity index (χ1) is 8.24. The zero-order valence-corrected chi connectivity index (χ0v) is 10.4. The van der Waals surface area contributed by atoms with Gasteiger partial charge in [-0.2, -0.15) is 0 Å². The van der Waals surface area contributed by atoms with Gasteiger partial charge in [0.2, 0.25) is 0 Å². The molecule has 4 heteroatoms. The maximum Gasteiger partial charge on any atom is 0.0898 e. The van der Waals surface area contributed by atoms with Crippen LogP contribution in [0.15, 0.2) is 35.8 Å². The van der Waals surface area contributed by atoms with Crippen molar-refractivity contribution in [3.05, 3.63) is 46.5 Å². The summed E-state index contributed by atoms with van der Waals surface area (Å²) in [6.07, 6.45) is 2.07. The number of hydrogen-bond acceptors (Lipinski definition) is 3. The Balaban J connectivity index is 2.04. The molecule has 0 aliphatic rings. The largest absolute Gasteiger partial charge is 0.398 e. The van der Waals surface area contributed by atoms with Crippen LogP contribution in [0.4, 0.5) is 5.69 Å². The molecule has 0 unspecified atom stereocenters. The number of thiazole rings is 1. The van der Waals surface area contributed by atoms with E-state index in [-0.39, 0.29) is 0 Å². The molecule has 3 rings (SSSR count). The molecule has 0 saturated heterocycles. The molecule has 0 bridgehead atoms. The Morgan fingerprint density at radius 2 is 2.24 bits per heavy atom. The van der Waals surface area contributed by atoms with E-state index in [1.54, 1.807) is 11.3 Å². The summed E-state index contributed by atoms with van der Waals surface area (Å²) in [5.74, 6) is 0. The maximum absolute atomic E-state index is 5.94. The minimum absolute atomic E-state index is 0.803. The number of nitrogen functional groups attached to an aromatic ring is 1. The van der Waals surface area contributed by atoms with Gasteiger partial charge in [-0.15, -0.1) is 11.3 Å². The highest BCUT2D eigenvalue weighted by atomic mass is 32.1. The molecular weight excluding hydrogens is 230 g/mol. The highest BCUT2D eigenvalue weighted by Crippen LogP contribution is 2.22. The van der Waals surface area contributed by atoms with Gasteiger partial charge in [-0.05, 0) is 25.1 Å². The summed E-state index contributed by atoms with van der Waals surface area (Å²) in [7, 11) is 0. The Morgan fingerprint density at radius 1 is 1.35 bits per heavy atom. The van der Waals surface area contributed by atoms with Crippen molar-refractivity contribution in [1.29, 1.82) is 0 Å². The molecule has 3 aromatic rings. The summed E-state index contributed by atoms with van der Waals surface area (Å²) in [5.41, 5.74) is 9.04. The van der Waals surface area contributed by atoms with Crippen LogP contribution in [-0.4, -0.2) is 9.55 Å². The van der Waals surface area contributed by atoms with E-state index in [2.05, 4.69) is 33.3 Å². The molecule has 2 aromatic heterocycles. The molecule has 0 fully saturated rings. The van der Waals surface area contributed by atoms with E-state index >= 15 is 0 Å². The second-order valence-corrected chi connectivity index (χ2v) is 5.14. The van der Waals surface area contributed by atoms with Crippen LogP contribution in [0.2, 0.25) is 0 Å². The van der Waals surface area contributed by atoms with Crippen LogP contribution in [0.5, 0.6) is 0 Å². The Kier molecular flexibility index (Phi) is 2.37. The number of aromatic nitrogens is 2. The molecule has 3 nitrogen and oxygen atoms in total. The van der Waals surface area contributed by atoms with Crippen molar-refractivity contribution in [3.8, 4) is 0 Å². The third-order valence-corrected chi connectivity index (χ3v) is 3.67. The number of fused-ring (bicyclic) bond motifs is 1. The van der Waals surface area contributed by atoms with E-state index < -0.39 is 0 Å². The van der Waals surface area contributed by atoms with Crippen molar-refractivity contribution in [2.75, 3.05) is 5.73 Å². The standard InChI is InChI=1S/C13H13N3S/c1-9-15-10(8-17-9)7-16-6-5-11-12(14)3-2-4-13(11)16/h2-6,8H,7,14H2,1H3. The zero-order chi connectivity index (χ0) is 11.8. The number of nitrogens with two attached hydrogens (primary N) is 1. The van der Waals surface area contributed by atoms with Crippen LogP contribution in [-0.2, 0) is 6.54 Å². The Bertz CT molecular complexity index is 666. The number of benzene rings is 1. The first-order valence-corrected chi connectivity index (χ1v) is 6.36. The van der Waals surface area contributed by atoms with Crippen molar-refractivity contribution in [2.45, 2.75) is 13.5 Å². The fraction of sp³-hybridized carbons (Fsp3) is 0.154. The molecular formula is C13H13N3S. The van der Waals surface area contributed by atoms with Crippen molar-refractivity contribution in [2.24, 2.45) is 0 Å². The van der Waals surface area contributed by atoms with Gasteiger partial charge in [0, 0.05) is 22.7 Å². The third kappa shape index (κ3) is 1.80. The van der Waals surface area contributed by atoms with Crippen molar-refractivity contribution >= 4 is 27.9 Å². The number of hydrogen-bond donors (Lipinski definition) is 1. The van der Waals surface area contributed by atoms with E-state index in [9.17, 15) is 0 Å². The Hall–Kier alpha value is -1.81. The van der Waals surface area contributed by atoms with Gasteiger partial charge in [-0.25, -0.2) is 4.98 Å². The van der Waals surface area contributed by atoms with E-state index in [0.717, 1.165) is 33.8 Å². The monoisotopic (exact) mass is 243 g/mol. The minimum atomic E-state index is 0.803. The molecule has 0 aliphatic heterocycles. The quantitative estimate of drug-likeness (QED) is 0.703. The first kappa shape index (κ1) is 10.4. The molecule has 86 valence electrons. The van der Waals surface area contributed by atoms with Crippen LogP contribution < -0.4 is 5.73 Å². The number of nitrogens with zero attached hydrogens (tertiary/aromatic N) is 2. The number of rotatable bonds is 2. The van der Waals surface area contributed by atoms with Crippen molar-refractivity contribution in [3.63, 3.8) is 0 Å². The summed E-state index contributed by atoms with van der Waals surface area (Å²) in [4.78, 5) is 4.48. The molecule has 0 aliphatic carbocycles. The van der Waals surface area contributed by atoms with E-state index in [4.69, 9.17) is 5.73 Å². The molecule has 2 N–H and O–H groups in total. The summed E-state index contributed by atoms with van der Waals surface area (Å²) in [6.45, 7) is 2.83. The average Bonchev–Trinajstić information content (AvgIpc) is 2.88. The second-order valence-electron chi connectivity index (χ2n) is 4.08. The SMILES string of the molecule is Cc1nc(Cn2ccc3c(N)cccc32)cs1. The lowest BCUT2D eigenvalue weighted by atomic mass is 10.2. The first-order valence-electron chi connectivity index (χ1n) is 5.48. The molecule has 0 spiro atoms. The van der Waals surface area contributed by atoms with Crippen LogP contribution in [0.3, 0.4) is 0 Å². The molecule has 0 saturated carbocycles. The van der Waals surface area contributed by atoms with Gasteiger partial charge in [0.15, 0.2) is 0 Å². The lowest BCUT2D eigenvalue weighted by molar-refractivity contribution is 0.812. The van der Waals surface area contributed by atoms with E-state index in [1.807, 2.05) is 19.1 Å². The fourth-order valence-corrected chi connectivity index (χ4v) is 2.64. The summed E-state index contributed by atoms with van der Waals surface area (Å²) >= 11 is 1.69. The van der Waals surface area contributed by atoms with Crippen LogP contribution >= 0.6 is 11.3 Å². The Labute approximate surface area is 104 Å². The van der Waals surface area contributed by atoms with Gasteiger partial charge in [0.1, 0.15) is 0 Å². The molecule has 0 radical (unpaired) electrons. The maximum atomic E-state index is 5.94. The topological polar surface area (TPSA) is 43.8 Å². The molecule has 0 amide bonds. The van der Waals surface area contributed by atoms with Crippen molar-refractivity contribution in [1.82, 2.24) is 9.55 Å². The summed E-state index contributed by atoms with van der Waals surface area (Å²) in [6, 6.07) is 8.06. The van der Waals surface area contributed by atoms with Gasteiger partial charge >= 0.3 is 0 Å². The normalized spacial score (nSPS) is 11.1. The summed E-state index contributed by atoms with van der Waals surface area (Å²) < 4.78 is 2.18. The van der Waals surface area contributed by atoms with Gasteiger partial charge < -0.3 is 10.3 Å². The average molecular weight is 243 g/mol. The molecule has 2 heterocycles. The van der Waals surface area contributed by atoms with Crippen LogP contribution in [0, 0.1) is 6.92 Å². The van der Waals surface area contributed by atoms with E-state index in [0.29, 0.717) is 0 Å². The third-order valence-electron chi connectivity index (χ3n) is 2.85. The van der Waals surface area contributed by atoms with Gasteiger partial charge in [-0.3, -0.25) is 0 Å². The predicted octanol–water partition coefficient (Wildman–Crippen LogP) is 3.04. The lowest BCUT2D eigenvalue weighted by Crippen LogP contribution is -1.98. The highest BCUT2D eigenvalue weighted by Gasteiger charge is 2.05. The number of aryl methyl sites for hydroxylation is 1. The van der Waals surface area contributed by atoms with Gasteiger partial charge in [0.05, 0.1) is 22.8 Å². The second kappa shape index (κ2) is 3.89. The van der Waals surface area contributed by atoms with Crippen LogP contribution in [0.25, 0.3) is 10.9 Å². The summed E-state index contributed by atoms with van der Waals surface area (Å²) in [5, 5.41) is 4.32. The number of anilines is 1. The van der Waals surface area contributed by atoms with Gasteiger partial charge in [0.25, 0.3) is 0 Å². The van der Waals surface area contributed by atoms with Crippen LogP contribution in [0.1, 0.15) is 10.7 Å². The van der Waals surface area contributed by atoms with Crippen molar-refractivity contribution < 1.29 is 0 Å². The van der Waals surface area contributed by atoms with E-state index in [1.165, 1.54) is 0 Å². The molecule has 1 aromatic carbocycles. The molecule has 0 atom stereocenters. The molecule has 17 heavy (non-hydrogen) atoms. The Morgan fingerprint density at radius 3 is 3.00 bits per heavy atom. The smallest absolute Gasteiger partial charge is 0.0898 e. The predicted molar refractivity (Wildman–Crippen MR) is 72.3 cm³/mol. The fourth-order valence-electron chi connectivity index (χ4n) is 2.04. The minimum Gasteiger partial charge on any atom is -0.398 e.